The highest BCUT2D eigenvalue weighted by Gasteiger charge is 2.30. The van der Waals surface area contributed by atoms with E-state index in [2.05, 4.69) is 15.4 Å². The van der Waals surface area contributed by atoms with Gasteiger partial charge in [-0.05, 0) is 36.4 Å². The molecule has 2 aromatic rings. The average Bonchev–Trinajstić information content (AvgIpc) is 2.65. The Morgan fingerprint density at radius 2 is 1.71 bits per heavy atom. The second-order valence-corrected chi connectivity index (χ2v) is 5.39. The summed E-state index contributed by atoms with van der Waals surface area (Å²) in [6.45, 7) is -0.481. The lowest BCUT2D eigenvalue weighted by molar-refractivity contribution is -0.274. The minimum atomic E-state index is -4.80. The van der Waals surface area contributed by atoms with Crippen LogP contribution in [0.15, 0.2) is 48.5 Å². The van der Waals surface area contributed by atoms with Crippen LogP contribution in [0.3, 0.4) is 0 Å². The Bertz CT molecular complexity index is 810. The number of hydrogen-bond acceptors (Lipinski definition) is 6. The molecule has 0 saturated heterocycles. The van der Waals surface area contributed by atoms with Gasteiger partial charge in [0.25, 0.3) is 5.91 Å². The fourth-order valence-corrected chi connectivity index (χ4v) is 2.15. The molecule has 0 saturated carbocycles. The molecule has 0 aliphatic heterocycles. The van der Waals surface area contributed by atoms with Crippen molar-refractivity contribution >= 4 is 23.3 Å². The highest BCUT2D eigenvalue weighted by Crippen LogP contribution is 2.24. The third-order valence-electron chi connectivity index (χ3n) is 3.28. The fraction of sp³-hybridized carbons (Fsp3) is 0.222. The summed E-state index contributed by atoms with van der Waals surface area (Å²) < 4.78 is 45.0. The van der Waals surface area contributed by atoms with Crippen LogP contribution in [-0.2, 0) is 9.53 Å². The number of rotatable bonds is 8. The first-order valence-corrected chi connectivity index (χ1v) is 8.05. The van der Waals surface area contributed by atoms with Crippen LogP contribution in [0.2, 0.25) is 0 Å². The molecule has 7 nitrogen and oxygen atoms in total. The monoisotopic (exact) mass is 398 g/mol. The number of aliphatic hydroxyl groups is 1. The summed E-state index contributed by atoms with van der Waals surface area (Å²) in [5.74, 6) is -1.84. The molecule has 10 heteroatoms. The number of esters is 1. The van der Waals surface area contributed by atoms with Gasteiger partial charge in [0, 0.05) is 17.9 Å². The molecule has 0 aliphatic carbocycles. The molecule has 0 heterocycles. The topological polar surface area (TPSA) is 96.9 Å². The van der Waals surface area contributed by atoms with Crippen molar-refractivity contribution in [2.45, 2.75) is 6.36 Å². The molecule has 0 unspecified atom stereocenters. The van der Waals surface area contributed by atoms with E-state index in [9.17, 15) is 22.8 Å². The average molecular weight is 398 g/mol. The maximum atomic E-state index is 12.1. The second kappa shape index (κ2) is 9.60. The number of benzene rings is 2. The van der Waals surface area contributed by atoms with Crippen LogP contribution in [0.5, 0.6) is 5.75 Å². The Morgan fingerprint density at radius 1 is 1.04 bits per heavy atom. The normalized spacial score (nSPS) is 10.9. The molecule has 0 aromatic heterocycles. The molecule has 2 rings (SSSR count). The van der Waals surface area contributed by atoms with Crippen molar-refractivity contribution in [3.8, 4) is 5.75 Å². The molecule has 150 valence electrons. The summed E-state index contributed by atoms with van der Waals surface area (Å²) in [7, 11) is 0. The number of hydrogen-bond donors (Lipinski definition) is 3. The summed E-state index contributed by atoms with van der Waals surface area (Å²) in [6.07, 6.45) is -4.80. The van der Waals surface area contributed by atoms with Gasteiger partial charge in [0.1, 0.15) is 5.75 Å². The molecule has 28 heavy (non-hydrogen) atoms. The predicted octanol–water partition coefficient (Wildman–Crippen LogP) is 2.78. The van der Waals surface area contributed by atoms with Gasteiger partial charge in [0.15, 0.2) is 6.61 Å². The van der Waals surface area contributed by atoms with Crippen LogP contribution in [-0.4, -0.2) is 43.1 Å². The van der Waals surface area contributed by atoms with Gasteiger partial charge in [0.2, 0.25) is 0 Å². The van der Waals surface area contributed by atoms with Crippen LogP contribution in [0, 0.1) is 0 Å². The zero-order valence-corrected chi connectivity index (χ0v) is 14.5. The van der Waals surface area contributed by atoms with E-state index < -0.39 is 30.6 Å². The van der Waals surface area contributed by atoms with E-state index in [1.807, 2.05) is 0 Å². The number of nitrogens with one attached hydrogen (secondary N) is 2. The van der Waals surface area contributed by atoms with Gasteiger partial charge in [-0.2, -0.15) is 0 Å². The SMILES string of the molecule is O=C(COC(=O)c1ccccc1NCCO)Nc1ccc(OC(F)(F)F)cc1. The van der Waals surface area contributed by atoms with Gasteiger partial charge in [-0.15, -0.1) is 13.2 Å². The van der Waals surface area contributed by atoms with E-state index in [4.69, 9.17) is 9.84 Å². The largest absolute Gasteiger partial charge is 0.573 e. The third kappa shape index (κ3) is 6.80. The second-order valence-electron chi connectivity index (χ2n) is 5.39. The molecule has 1 amide bonds. The van der Waals surface area contributed by atoms with Crippen molar-refractivity contribution in [3.63, 3.8) is 0 Å². The third-order valence-corrected chi connectivity index (χ3v) is 3.28. The summed E-state index contributed by atoms with van der Waals surface area (Å²) in [4.78, 5) is 24.0. The van der Waals surface area contributed by atoms with Crippen molar-refractivity contribution in [1.29, 1.82) is 0 Å². The van der Waals surface area contributed by atoms with Crippen LogP contribution >= 0.6 is 0 Å². The van der Waals surface area contributed by atoms with Crippen LogP contribution in [0.25, 0.3) is 0 Å². The lowest BCUT2D eigenvalue weighted by Crippen LogP contribution is -2.21. The van der Waals surface area contributed by atoms with Crippen molar-refractivity contribution in [2.75, 3.05) is 30.4 Å². The fourth-order valence-electron chi connectivity index (χ4n) is 2.15. The quantitative estimate of drug-likeness (QED) is 0.592. The maximum absolute atomic E-state index is 12.1. The van der Waals surface area contributed by atoms with Crippen LogP contribution in [0.1, 0.15) is 10.4 Å². The molecule has 0 fully saturated rings. The van der Waals surface area contributed by atoms with E-state index in [0.717, 1.165) is 12.1 Å². The minimum absolute atomic E-state index is 0.126. The molecular formula is C18H17F3N2O5. The van der Waals surface area contributed by atoms with Crippen LogP contribution < -0.4 is 15.4 Å². The van der Waals surface area contributed by atoms with Gasteiger partial charge in [-0.3, -0.25) is 4.79 Å². The first-order chi connectivity index (χ1) is 13.3. The molecule has 0 atom stereocenters. The van der Waals surface area contributed by atoms with Gasteiger partial charge in [-0.25, -0.2) is 4.79 Å². The van der Waals surface area contributed by atoms with Crippen LogP contribution in [0.4, 0.5) is 24.5 Å². The molecule has 0 bridgehead atoms. The molecular weight excluding hydrogens is 381 g/mol. The van der Waals surface area contributed by atoms with Crippen molar-refractivity contribution in [1.82, 2.24) is 0 Å². The lowest BCUT2D eigenvalue weighted by atomic mass is 10.2. The van der Waals surface area contributed by atoms with E-state index in [1.54, 1.807) is 18.2 Å². The zero-order chi connectivity index (χ0) is 20.6. The number of alkyl halides is 3. The highest BCUT2D eigenvalue weighted by molar-refractivity contribution is 5.98. The van der Waals surface area contributed by atoms with Crippen molar-refractivity contribution in [3.05, 3.63) is 54.1 Å². The molecule has 0 radical (unpaired) electrons. The van der Waals surface area contributed by atoms with E-state index in [-0.39, 0.29) is 24.4 Å². The van der Waals surface area contributed by atoms with E-state index in [0.29, 0.717) is 5.69 Å². The number of anilines is 2. The molecule has 0 spiro atoms. The van der Waals surface area contributed by atoms with E-state index in [1.165, 1.54) is 18.2 Å². The zero-order valence-electron chi connectivity index (χ0n) is 14.5. The number of ether oxygens (including phenoxy) is 2. The predicted molar refractivity (Wildman–Crippen MR) is 94.1 cm³/mol. The van der Waals surface area contributed by atoms with Crippen molar-refractivity contribution in [2.24, 2.45) is 0 Å². The Kier molecular flexibility index (Phi) is 7.21. The number of carbonyl (C=O) groups is 2. The number of carbonyl (C=O) groups excluding carboxylic acids is 2. The maximum Gasteiger partial charge on any atom is 0.573 e. The van der Waals surface area contributed by atoms with Gasteiger partial charge in [-0.1, -0.05) is 12.1 Å². The molecule has 3 N–H and O–H groups in total. The summed E-state index contributed by atoms with van der Waals surface area (Å²) in [6, 6.07) is 10.9. The Labute approximate surface area is 158 Å². The molecule has 0 aliphatic rings. The summed E-state index contributed by atoms with van der Waals surface area (Å²) >= 11 is 0. The van der Waals surface area contributed by atoms with Crippen molar-refractivity contribution < 1.29 is 37.3 Å². The lowest BCUT2D eigenvalue weighted by Gasteiger charge is -2.11. The smallest absolute Gasteiger partial charge is 0.452 e. The number of aliphatic hydroxyl groups excluding tert-OH is 1. The molecule has 2 aromatic carbocycles. The number of para-hydroxylation sites is 1. The number of halogens is 3. The highest BCUT2D eigenvalue weighted by atomic mass is 19.4. The summed E-state index contributed by atoms with van der Waals surface area (Å²) in [5.41, 5.74) is 0.847. The Morgan fingerprint density at radius 3 is 2.36 bits per heavy atom. The number of amides is 1. The standard InChI is InChI=1S/C18H17F3N2O5/c19-18(20,21)28-13-7-5-12(6-8-13)23-16(25)11-27-17(26)14-3-1-2-4-15(14)22-9-10-24/h1-8,22,24H,9-11H2,(H,23,25). The Balaban J connectivity index is 1.88. The minimum Gasteiger partial charge on any atom is -0.452 e. The van der Waals surface area contributed by atoms with Gasteiger partial charge >= 0.3 is 12.3 Å². The first-order valence-electron chi connectivity index (χ1n) is 8.05. The first kappa shape index (κ1) is 21.0. The summed E-state index contributed by atoms with van der Waals surface area (Å²) in [5, 5.41) is 14.1. The van der Waals surface area contributed by atoms with Gasteiger partial charge in [0.05, 0.1) is 12.2 Å². The van der Waals surface area contributed by atoms with E-state index >= 15 is 0 Å². The van der Waals surface area contributed by atoms with Gasteiger partial charge < -0.3 is 25.2 Å². The Hall–Kier alpha value is -3.27.